The number of nitrogens with one attached hydrogen (secondary N) is 1. The number of benzene rings is 2. The third-order valence-electron chi connectivity index (χ3n) is 4.28. The average molecular weight is 361 g/mol. The van der Waals surface area contributed by atoms with Gasteiger partial charge >= 0.3 is 0 Å². The van der Waals surface area contributed by atoms with E-state index in [1.807, 2.05) is 41.3 Å². The van der Waals surface area contributed by atoms with E-state index in [2.05, 4.69) is 30.4 Å². The minimum Gasteiger partial charge on any atom is -0.483 e. The highest BCUT2D eigenvalue weighted by atomic mass is 35.5. The number of amides is 1. The van der Waals surface area contributed by atoms with Crippen molar-refractivity contribution < 1.29 is 9.53 Å². The Labute approximate surface area is 155 Å². The zero-order chi connectivity index (χ0) is 16.8. The molecule has 1 aliphatic rings. The van der Waals surface area contributed by atoms with Crippen LogP contribution in [0.15, 0.2) is 54.6 Å². The Bertz CT molecular complexity index is 678. The van der Waals surface area contributed by atoms with E-state index in [0.717, 1.165) is 37.4 Å². The summed E-state index contributed by atoms with van der Waals surface area (Å²) in [5.74, 6) is 0.843. The van der Waals surface area contributed by atoms with Crippen molar-refractivity contribution in [2.24, 2.45) is 0 Å². The number of halogens is 1. The summed E-state index contributed by atoms with van der Waals surface area (Å²) in [5.41, 5.74) is 2.33. The lowest BCUT2D eigenvalue weighted by atomic mass is 10.0. The van der Waals surface area contributed by atoms with E-state index in [-0.39, 0.29) is 24.9 Å². The van der Waals surface area contributed by atoms with Gasteiger partial charge < -0.3 is 15.0 Å². The molecule has 1 saturated heterocycles. The molecule has 2 aromatic rings. The van der Waals surface area contributed by atoms with Gasteiger partial charge in [-0.1, -0.05) is 48.5 Å². The molecular weight excluding hydrogens is 336 g/mol. The first-order chi connectivity index (χ1) is 11.7. The van der Waals surface area contributed by atoms with Crippen molar-refractivity contribution in [3.8, 4) is 5.75 Å². The quantitative estimate of drug-likeness (QED) is 0.891. The van der Waals surface area contributed by atoms with Crippen LogP contribution in [0.3, 0.4) is 0 Å². The van der Waals surface area contributed by atoms with E-state index >= 15 is 0 Å². The van der Waals surface area contributed by atoms with Crippen LogP contribution in [0, 0.1) is 0 Å². The van der Waals surface area contributed by atoms with Gasteiger partial charge in [-0.3, -0.25) is 4.79 Å². The normalized spacial score (nSPS) is 16.8. The molecule has 1 aliphatic heterocycles. The molecular formula is C20H25ClN2O2. The smallest absolute Gasteiger partial charge is 0.260 e. The highest BCUT2D eigenvalue weighted by Gasteiger charge is 2.20. The fraction of sp³-hybridized carbons (Fsp3) is 0.350. The van der Waals surface area contributed by atoms with Crippen molar-refractivity contribution >= 4 is 18.3 Å². The molecule has 1 heterocycles. The largest absolute Gasteiger partial charge is 0.483 e. The minimum absolute atomic E-state index is 0. The monoisotopic (exact) mass is 360 g/mol. The fourth-order valence-corrected chi connectivity index (χ4v) is 3.00. The van der Waals surface area contributed by atoms with E-state index in [0.29, 0.717) is 6.04 Å². The van der Waals surface area contributed by atoms with E-state index in [9.17, 15) is 4.79 Å². The van der Waals surface area contributed by atoms with Crippen molar-refractivity contribution in [1.82, 2.24) is 10.2 Å². The molecule has 1 N–H and O–H groups in total. The molecule has 0 bridgehead atoms. The number of carbonyl (C=O) groups excluding carboxylic acids is 1. The van der Waals surface area contributed by atoms with Gasteiger partial charge in [-0.05, 0) is 24.1 Å². The summed E-state index contributed by atoms with van der Waals surface area (Å²) in [7, 11) is 0. The Hall–Kier alpha value is -2.04. The van der Waals surface area contributed by atoms with Gasteiger partial charge in [0.05, 0.1) is 0 Å². The summed E-state index contributed by atoms with van der Waals surface area (Å²) in [4.78, 5) is 14.2. The molecule has 3 rings (SSSR count). The SMILES string of the molecule is CC1CN(C(=O)COc2ccccc2Cc2ccccc2)CCN1.Cl. The zero-order valence-corrected chi connectivity index (χ0v) is 15.3. The lowest BCUT2D eigenvalue weighted by molar-refractivity contribution is -0.134. The van der Waals surface area contributed by atoms with Crippen LogP contribution in [0.2, 0.25) is 0 Å². The molecule has 0 aromatic heterocycles. The second-order valence-electron chi connectivity index (χ2n) is 6.25. The molecule has 25 heavy (non-hydrogen) atoms. The summed E-state index contributed by atoms with van der Waals surface area (Å²) in [6.45, 7) is 4.53. The van der Waals surface area contributed by atoms with Gasteiger partial charge in [-0.25, -0.2) is 0 Å². The molecule has 1 fully saturated rings. The van der Waals surface area contributed by atoms with E-state index in [1.54, 1.807) is 0 Å². The number of rotatable bonds is 5. The maximum atomic E-state index is 12.4. The van der Waals surface area contributed by atoms with Crippen molar-refractivity contribution in [1.29, 1.82) is 0 Å². The lowest BCUT2D eigenvalue weighted by Crippen LogP contribution is -2.52. The fourth-order valence-electron chi connectivity index (χ4n) is 3.00. The summed E-state index contributed by atoms with van der Waals surface area (Å²) in [6, 6.07) is 18.6. The molecule has 2 aromatic carbocycles. The number of piperazine rings is 1. The summed E-state index contributed by atoms with van der Waals surface area (Å²) in [5, 5.41) is 3.34. The maximum Gasteiger partial charge on any atom is 0.260 e. The Morgan fingerprint density at radius 3 is 2.64 bits per heavy atom. The first kappa shape index (κ1) is 19.3. The van der Waals surface area contributed by atoms with Crippen molar-refractivity contribution in [2.45, 2.75) is 19.4 Å². The highest BCUT2D eigenvalue weighted by Crippen LogP contribution is 2.21. The van der Waals surface area contributed by atoms with E-state index < -0.39 is 0 Å². The standard InChI is InChI=1S/C20H24N2O2.ClH/c1-16-14-22(12-11-21-16)20(23)15-24-19-10-6-5-9-18(19)13-17-7-3-2-4-8-17;/h2-10,16,21H,11-15H2,1H3;1H. The minimum atomic E-state index is 0. The van der Waals surface area contributed by atoms with Crippen LogP contribution in [0.4, 0.5) is 0 Å². The first-order valence-electron chi connectivity index (χ1n) is 8.48. The van der Waals surface area contributed by atoms with Crippen LogP contribution in [0.5, 0.6) is 5.75 Å². The number of hydrogen-bond acceptors (Lipinski definition) is 3. The molecule has 1 unspecified atom stereocenters. The van der Waals surface area contributed by atoms with Gasteiger partial charge in [-0.15, -0.1) is 12.4 Å². The second-order valence-corrected chi connectivity index (χ2v) is 6.25. The lowest BCUT2D eigenvalue weighted by Gasteiger charge is -2.31. The summed E-state index contributed by atoms with van der Waals surface area (Å²) >= 11 is 0. The zero-order valence-electron chi connectivity index (χ0n) is 14.5. The van der Waals surface area contributed by atoms with Crippen LogP contribution in [-0.2, 0) is 11.2 Å². The van der Waals surface area contributed by atoms with Crippen LogP contribution >= 0.6 is 12.4 Å². The van der Waals surface area contributed by atoms with E-state index in [4.69, 9.17) is 4.74 Å². The molecule has 0 spiro atoms. The van der Waals surface area contributed by atoms with Gasteiger partial charge in [0.25, 0.3) is 5.91 Å². The Balaban J connectivity index is 0.00000225. The van der Waals surface area contributed by atoms with Crippen molar-refractivity contribution in [2.75, 3.05) is 26.2 Å². The van der Waals surface area contributed by atoms with Gasteiger partial charge in [-0.2, -0.15) is 0 Å². The topological polar surface area (TPSA) is 41.6 Å². The second kappa shape index (κ2) is 9.44. The molecule has 4 nitrogen and oxygen atoms in total. The van der Waals surface area contributed by atoms with Gasteiger partial charge in [0, 0.05) is 32.1 Å². The Morgan fingerprint density at radius 2 is 1.88 bits per heavy atom. The summed E-state index contributed by atoms with van der Waals surface area (Å²) < 4.78 is 5.85. The average Bonchev–Trinajstić information content (AvgIpc) is 2.61. The van der Waals surface area contributed by atoms with Crippen LogP contribution in [0.1, 0.15) is 18.1 Å². The Kier molecular flexibility index (Phi) is 7.29. The predicted octanol–water partition coefficient (Wildman–Crippen LogP) is 2.90. The van der Waals surface area contributed by atoms with Crippen LogP contribution in [0.25, 0.3) is 0 Å². The van der Waals surface area contributed by atoms with Crippen LogP contribution in [-0.4, -0.2) is 43.1 Å². The molecule has 0 saturated carbocycles. The summed E-state index contributed by atoms with van der Waals surface area (Å²) in [6.07, 6.45) is 0.801. The third kappa shape index (κ3) is 5.48. The molecule has 5 heteroatoms. The van der Waals surface area contributed by atoms with Crippen molar-refractivity contribution in [3.05, 3.63) is 65.7 Å². The molecule has 1 atom stereocenters. The van der Waals surface area contributed by atoms with Gasteiger partial charge in [0.15, 0.2) is 6.61 Å². The molecule has 0 radical (unpaired) electrons. The molecule has 1 amide bonds. The number of hydrogen-bond donors (Lipinski definition) is 1. The van der Waals surface area contributed by atoms with Crippen LogP contribution < -0.4 is 10.1 Å². The number of carbonyl (C=O) groups is 1. The predicted molar refractivity (Wildman–Crippen MR) is 102 cm³/mol. The van der Waals surface area contributed by atoms with Gasteiger partial charge in [0.2, 0.25) is 0 Å². The number of para-hydroxylation sites is 1. The number of ether oxygens (including phenoxy) is 1. The third-order valence-corrected chi connectivity index (χ3v) is 4.28. The van der Waals surface area contributed by atoms with E-state index in [1.165, 1.54) is 5.56 Å². The first-order valence-corrected chi connectivity index (χ1v) is 8.48. The Morgan fingerprint density at radius 1 is 1.16 bits per heavy atom. The molecule has 134 valence electrons. The molecule has 0 aliphatic carbocycles. The van der Waals surface area contributed by atoms with Crippen molar-refractivity contribution in [3.63, 3.8) is 0 Å². The number of nitrogens with zero attached hydrogens (tertiary/aromatic N) is 1. The highest BCUT2D eigenvalue weighted by molar-refractivity contribution is 5.85. The van der Waals surface area contributed by atoms with Gasteiger partial charge in [0.1, 0.15) is 5.75 Å². The maximum absolute atomic E-state index is 12.4.